The molecule has 0 unspecified atom stereocenters. The summed E-state index contributed by atoms with van der Waals surface area (Å²) < 4.78 is 21.0. The number of fused-ring (bicyclic) bond motifs is 14. The number of para-hydroxylation sites is 2. The molecule has 9 aromatic rings. The number of hydrogen-bond donors (Lipinski definition) is 0. The molecule has 0 spiro atoms. The van der Waals surface area contributed by atoms with Gasteiger partial charge in [0, 0.05) is 46.8 Å². The van der Waals surface area contributed by atoms with Gasteiger partial charge in [-0.3, -0.25) is 0 Å². The molecule has 0 aliphatic carbocycles. The van der Waals surface area contributed by atoms with Crippen molar-refractivity contribution < 1.29 is 13.6 Å². The fourth-order valence-corrected chi connectivity index (χ4v) is 12.4. The van der Waals surface area contributed by atoms with Crippen LogP contribution in [0, 0.1) is 13.8 Å². The first-order valence-corrected chi connectivity index (χ1v) is 19.4. The van der Waals surface area contributed by atoms with Crippen molar-refractivity contribution in [1.29, 1.82) is 0 Å². The second-order valence-electron chi connectivity index (χ2n) is 14.9. The smallest absolute Gasteiger partial charge is 0.249 e. The maximum atomic E-state index is 7.40. The highest BCUT2D eigenvalue weighted by Gasteiger charge is 2.53. The van der Waals surface area contributed by atoms with E-state index in [-0.39, 0.29) is 13.4 Å². The zero-order valence-electron chi connectivity index (χ0n) is 28.0. The average molecular weight is 699 g/mol. The van der Waals surface area contributed by atoms with E-state index in [4.69, 9.17) is 13.6 Å². The summed E-state index contributed by atoms with van der Waals surface area (Å²) in [5.41, 5.74) is 17.4. The highest BCUT2D eigenvalue weighted by Crippen LogP contribution is 2.59. The van der Waals surface area contributed by atoms with Gasteiger partial charge in [0.25, 0.3) is 0 Å². The molecule has 8 heteroatoms. The predicted octanol–water partition coefficient (Wildman–Crippen LogP) is 8.27. The molecule has 0 amide bonds. The third-order valence-electron chi connectivity index (χ3n) is 12.0. The highest BCUT2D eigenvalue weighted by molar-refractivity contribution is 8.01. The highest BCUT2D eigenvalue weighted by atomic mass is 32.2. The quantitative estimate of drug-likeness (QED) is 0.149. The second-order valence-corrected chi connectivity index (χ2v) is 17.0. The summed E-state index contributed by atoms with van der Waals surface area (Å²) in [6, 6.07) is 38.1. The molecule has 0 fully saturated rings. The Morgan fingerprint density at radius 1 is 0.481 bits per heavy atom. The summed E-state index contributed by atoms with van der Waals surface area (Å²) >= 11 is 3.84. The van der Waals surface area contributed by atoms with Gasteiger partial charge in [-0.05, 0) is 66.0 Å². The lowest BCUT2D eigenvalue weighted by molar-refractivity contribution is 0.466. The molecule has 7 aromatic carbocycles. The number of ether oxygens (including phenoxy) is 1. The van der Waals surface area contributed by atoms with E-state index < -0.39 is 0 Å². The molecule has 4 nitrogen and oxygen atoms in total. The Morgan fingerprint density at radius 2 is 0.981 bits per heavy atom. The summed E-state index contributed by atoms with van der Waals surface area (Å²) in [6.45, 7) is 4.51. The number of hydrogen-bond acceptors (Lipinski definition) is 6. The monoisotopic (exact) mass is 699 g/mol. The van der Waals surface area contributed by atoms with Crippen molar-refractivity contribution in [3.05, 3.63) is 114 Å². The van der Waals surface area contributed by atoms with Crippen LogP contribution in [0.15, 0.2) is 132 Å². The van der Waals surface area contributed by atoms with E-state index in [2.05, 4.69) is 110 Å². The number of rotatable bonds is 0. The summed E-state index contributed by atoms with van der Waals surface area (Å²) in [5.74, 6) is 1.54. The van der Waals surface area contributed by atoms with Crippen LogP contribution in [0.1, 0.15) is 11.1 Å². The van der Waals surface area contributed by atoms with E-state index >= 15 is 0 Å². The fourth-order valence-electron chi connectivity index (χ4n) is 10.00. The van der Waals surface area contributed by atoms with Crippen LogP contribution in [0.2, 0.25) is 0 Å². The molecule has 0 saturated carbocycles. The number of furan rings is 2. The molecule has 0 N–H and O–H groups in total. The van der Waals surface area contributed by atoms with E-state index in [0.717, 1.165) is 66.8 Å². The molecule has 2 aromatic heterocycles. The van der Waals surface area contributed by atoms with Crippen LogP contribution in [0.25, 0.3) is 43.9 Å². The molecule has 0 radical (unpaired) electrons. The van der Waals surface area contributed by atoms with Crippen LogP contribution in [-0.2, 0) is 0 Å². The molecule has 7 heterocycles. The van der Waals surface area contributed by atoms with Crippen molar-refractivity contribution >= 4 is 131 Å². The average Bonchev–Trinajstić information content (AvgIpc) is 3.73. The minimum absolute atomic E-state index is 0.0423. The van der Waals surface area contributed by atoms with Crippen LogP contribution in [0.5, 0.6) is 11.5 Å². The van der Waals surface area contributed by atoms with Gasteiger partial charge in [-0.2, -0.15) is 0 Å². The largest absolute Gasteiger partial charge is 0.452 e. The van der Waals surface area contributed by atoms with Gasteiger partial charge >= 0.3 is 0 Å². The lowest BCUT2D eigenvalue weighted by atomic mass is 9.30. The van der Waals surface area contributed by atoms with E-state index in [1.54, 1.807) is 0 Å². The van der Waals surface area contributed by atoms with Gasteiger partial charge in [-0.15, -0.1) is 0 Å². The van der Waals surface area contributed by atoms with Crippen molar-refractivity contribution in [2.45, 2.75) is 33.4 Å². The maximum Gasteiger partial charge on any atom is 0.249 e. The number of benzene rings is 7. The van der Waals surface area contributed by atoms with Gasteiger partial charge < -0.3 is 18.5 Å². The molecule has 5 aliphatic rings. The number of aryl methyl sites for hydroxylation is 2. The molecule has 5 aliphatic heterocycles. The third-order valence-corrected chi connectivity index (χ3v) is 14.3. The van der Waals surface area contributed by atoms with Crippen molar-refractivity contribution in [2.24, 2.45) is 0 Å². The first kappa shape index (κ1) is 27.3. The van der Waals surface area contributed by atoms with E-state index in [1.807, 2.05) is 35.7 Å². The van der Waals surface area contributed by atoms with Gasteiger partial charge in [0.05, 0.1) is 11.4 Å². The molecule has 0 atom stereocenters. The van der Waals surface area contributed by atoms with Crippen molar-refractivity contribution in [2.75, 3.05) is 4.90 Å². The lowest BCUT2D eigenvalue weighted by Gasteiger charge is -2.49. The summed E-state index contributed by atoms with van der Waals surface area (Å²) in [4.78, 5) is 7.87. The molecule has 0 saturated heterocycles. The van der Waals surface area contributed by atoms with E-state index in [0.29, 0.717) is 0 Å². The Bertz CT molecular complexity index is 3030. The summed E-state index contributed by atoms with van der Waals surface area (Å²) in [6.07, 6.45) is 0. The van der Waals surface area contributed by atoms with E-state index in [1.165, 1.54) is 69.2 Å². The van der Waals surface area contributed by atoms with Gasteiger partial charge in [0.1, 0.15) is 11.2 Å². The zero-order valence-corrected chi connectivity index (χ0v) is 29.6. The fraction of sp³-hybridized carbons (Fsp3) is 0.0455. The Morgan fingerprint density at radius 3 is 1.50 bits per heavy atom. The van der Waals surface area contributed by atoms with Gasteiger partial charge in [0.2, 0.25) is 13.4 Å². The number of nitrogens with zero attached hydrogens (tertiary/aromatic N) is 1. The first-order chi connectivity index (χ1) is 25.6. The predicted molar refractivity (Wildman–Crippen MR) is 216 cm³/mol. The molecule has 240 valence electrons. The Labute approximate surface area is 306 Å². The molecule has 14 rings (SSSR count). The lowest BCUT2D eigenvalue weighted by Crippen LogP contribution is -2.67. The van der Waals surface area contributed by atoms with Crippen molar-refractivity contribution in [3.63, 3.8) is 0 Å². The molecular weight excluding hydrogens is 676 g/mol. The van der Waals surface area contributed by atoms with Crippen LogP contribution < -0.4 is 42.4 Å². The van der Waals surface area contributed by atoms with Crippen molar-refractivity contribution in [1.82, 2.24) is 0 Å². The standard InChI is InChI=1S/C44H23B2NO3S2/c1-20-11-13-32-26(15-20)45-28-17-24-22-7-3-5-9-30(22)48-41(24)43-38(28)47-39-29(18-25-23-8-4-6-10-31(23)49-42(25)44(39)50-43)46-27-16-21(2)12-14-33(27)52-35-19-34(51-32)36(45)40(47)37(35)46/h3-19H,1-2H3. The summed E-state index contributed by atoms with van der Waals surface area (Å²) in [7, 11) is 0. The topological polar surface area (TPSA) is 38.8 Å². The Balaban J connectivity index is 1.22. The SMILES string of the molecule is Cc1ccc2c(c1)B1c3cc4c(oc5ccccc54)c4c3N3c5c1c(cc1c5B(c5cc(C)ccc5S1)c1cc5c(oc6ccccc65)c(c13)O4)S2. The Hall–Kier alpha value is -5.43. The van der Waals surface area contributed by atoms with Gasteiger partial charge in [-0.25, -0.2) is 0 Å². The zero-order chi connectivity index (χ0) is 33.7. The van der Waals surface area contributed by atoms with Crippen LogP contribution in [0.3, 0.4) is 0 Å². The van der Waals surface area contributed by atoms with Crippen LogP contribution >= 0.6 is 23.5 Å². The van der Waals surface area contributed by atoms with Gasteiger partial charge in [0.15, 0.2) is 22.7 Å². The number of anilines is 3. The summed E-state index contributed by atoms with van der Waals surface area (Å²) in [5, 5.41) is 4.36. The minimum Gasteiger partial charge on any atom is -0.452 e. The van der Waals surface area contributed by atoms with Gasteiger partial charge in [-0.1, -0.05) is 118 Å². The Kier molecular flexibility index (Phi) is 4.69. The minimum atomic E-state index is 0.0423. The van der Waals surface area contributed by atoms with E-state index in [9.17, 15) is 0 Å². The van der Waals surface area contributed by atoms with Crippen LogP contribution in [0.4, 0.5) is 17.1 Å². The molecule has 52 heavy (non-hydrogen) atoms. The molecule has 0 bridgehead atoms. The van der Waals surface area contributed by atoms with Crippen molar-refractivity contribution in [3.8, 4) is 11.5 Å². The third kappa shape index (κ3) is 3.05. The van der Waals surface area contributed by atoms with Crippen LogP contribution in [-0.4, -0.2) is 13.4 Å². The second kappa shape index (κ2) is 8.95. The normalized spacial score (nSPS) is 15.0. The first-order valence-electron chi connectivity index (χ1n) is 17.8. The molecular formula is C44H23B2NO3S2. The maximum absolute atomic E-state index is 7.40.